The highest BCUT2D eigenvalue weighted by molar-refractivity contribution is 7.21. The topological polar surface area (TPSA) is 126 Å². The van der Waals surface area contributed by atoms with E-state index in [1.807, 2.05) is 36.1 Å². The second kappa shape index (κ2) is 8.14. The number of pyridine rings is 2. The number of rotatable bonds is 5. The van der Waals surface area contributed by atoms with Gasteiger partial charge in [0.2, 0.25) is 5.95 Å². The summed E-state index contributed by atoms with van der Waals surface area (Å²) in [6.07, 6.45) is 6.00. The monoisotopic (exact) mass is 434 g/mol. The standard InChI is InChI=1S/C21H22N8OS/c1-12-3-2-5-23-19(12)20-26-15-8-17(25-9-16(15)31-20)27-21-24-6-4-18(28-21)29-10-13(22)7-14(29)11-30/h2-6,8-9,13-14,30H,7,10-11,22H2,1H3,(H,24,25,27,28)/t13-,14-/m0/s1. The van der Waals surface area contributed by atoms with Crippen molar-refractivity contribution in [2.75, 3.05) is 23.4 Å². The first-order valence-electron chi connectivity index (χ1n) is 10.0. The van der Waals surface area contributed by atoms with Crippen LogP contribution < -0.4 is 16.0 Å². The summed E-state index contributed by atoms with van der Waals surface area (Å²) in [5.41, 5.74) is 8.87. The summed E-state index contributed by atoms with van der Waals surface area (Å²) < 4.78 is 0.983. The molecule has 4 aromatic heterocycles. The molecule has 0 unspecified atom stereocenters. The van der Waals surface area contributed by atoms with Crippen LogP contribution in [-0.2, 0) is 0 Å². The summed E-state index contributed by atoms with van der Waals surface area (Å²) in [4.78, 5) is 24.6. The number of anilines is 3. The molecular formula is C21H22N8OS. The first-order valence-corrected chi connectivity index (χ1v) is 10.8. The van der Waals surface area contributed by atoms with Crippen molar-refractivity contribution in [1.29, 1.82) is 0 Å². The summed E-state index contributed by atoms with van der Waals surface area (Å²) in [7, 11) is 0. The van der Waals surface area contributed by atoms with Crippen LogP contribution in [0, 0.1) is 6.92 Å². The Morgan fingerprint density at radius 3 is 2.97 bits per heavy atom. The van der Waals surface area contributed by atoms with Gasteiger partial charge < -0.3 is 21.1 Å². The molecule has 4 N–H and O–H groups in total. The van der Waals surface area contributed by atoms with Crippen LogP contribution in [0.4, 0.5) is 17.6 Å². The maximum absolute atomic E-state index is 9.65. The second-order valence-electron chi connectivity index (χ2n) is 7.57. The van der Waals surface area contributed by atoms with E-state index >= 15 is 0 Å². The minimum absolute atomic E-state index is 0.0224. The number of thiazole rings is 1. The van der Waals surface area contributed by atoms with Gasteiger partial charge in [-0.2, -0.15) is 4.98 Å². The van der Waals surface area contributed by atoms with Crippen LogP contribution in [0.1, 0.15) is 12.0 Å². The molecule has 0 aromatic carbocycles. The molecule has 5 heterocycles. The lowest BCUT2D eigenvalue weighted by Crippen LogP contribution is -2.33. The molecule has 0 aliphatic carbocycles. The fourth-order valence-electron chi connectivity index (χ4n) is 3.80. The Bertz CT molecular complexity index is 1230. The molecule has 1 aliphatic rings. The number of nitrogens with zero attached hydrogens (tertiary/aromatic N) is 6. The van der Waals surface area contributed by atoms with Gasteiger partial charge in [0.1, 0.15) is 22.3 Å². The number of aryl methyl sites for hydroxylation is 1. The zero-order chi connectivity index (χ0) is 21.4. The highest BCUT2D eigenvalue weighted by atomic mass is 32.1. The van der Waals surface area contributed by atoms with Gasteiger partial charge in [0.25, 0.3) is 0 Å². The zero-order valence-corrected chi connectivity index (χ0v) is 17.8. The third-order valence-electron chi connectivity index (χ3n) is 5.32. The molecule has 0 bridgehead atoms. The normalized spacial score (nSPS) is 18.6. The molecule has 31 heavy (non-hydrogen) atoms. The van der Waals surface area contributed by atoms with E-state index in [9.17, 15) is 5.11 Å². The summed E-state index contributed by atoms with van der Waals surface area (Å²) in [5.74, 6) is 1.76. The Morgan fingerprint density at radius 1 is 1.23 bits per heavy atom. The molecule has 0 spiro atoms. The Balaban J connectivity index is 1.40. The van der Waals surface area contributed by atoms with E-state index in [1.165, 1.54) is 0 Å². The molecule has 0 radical (unpaired) electrons. The van der Waals surface area contributed by atoms with Crippen LogP contribution in [0.5, 0.6) is 0 Å². The molecule has 1 saturated heterocycles. The minimum atomic E-state index is -0.0318. The van der Waals surface area contributed by atoms with E-state index in [-0.39, 0.29) is 18.7 Å². The highest BCUT2D eigenvalue weighted by Gasteiger charge is 2.30. The van der Waals surface area contributed by atoms with Crippen LogP contribution in [0.15, 0.2) is 42.9 Å². The average molecular weight is 435 g/mol. The van der Waals surface area contributed by atoms with Crippen molar-refractivity contribution < 1.29 is 5.11 Å². The summed E-state index contributed by atoms with van der Waals surface area (Å²) in [6.45, 7) is 2.72. The number of hydrogen-bond donors (Lipinski definition) is 3. The van der Waals surface area contributed by atoms with Gasteiger partial charge in [-0.05, 0) is 31.0 Å². The molecule has 0 saturated carbocycles. The molecule has 2 atom stereocenters. The molecule has 0 amide bonds. The van der Waals surface area contributed by atoms with E-state index in [4.69, 9.17) is 10.7 Å². The fourth-order valence-corrected chi connectivity index (χ4v) is 4.78. The molecule has 158 valence electrons. The van der Waals surface area contributed by atoms with Gasteiger partial charge in [-0.3, -0.25) is 4.98 Å². The lowest BCUT2D eigenvalue weighted by atomic mass is 10.2. The van der Waals surface area contributed by atoms with E-state index < -0.39 is 0 Å². The number of hydrogen-bond acceptors (Lipinski definition) is 10. The zero-order valence-electron chi connectivity index (χ0n) is 16.9. The molecule has 5 rings (SSSR count). The van der Waals surface area contributed by atoms with Gasteiger partial charge in [-0.1, -0.05) is 6.07 Å². The van der Waals surface area contributed by atoms with Gasteiger partial charge in [-0.25, -0.2) is 15.0 Å². The van der Waals surface area contributed by atoms with Crippen LogP contribution >= 0.6 is 11.3 Å². The maximum atomic E-state index is 9.65. The summed E-state index contributed by atoms with van der Waals surface area (Å²) in [6, 6.07) is 7.64. The quantitative estimate of drug-likeness (QED) is 0.434. The van der Waals surface area contributed by atoms with Crippen molar-refractivity contribution in [3.8, 4) is 10.7 Å². The van der Waals surface area contributed by atoms with Gasteiger partial charge >= 0.3 is 0 Å². The maximum Gasteiger partial charge on any atom is 0.230 e. The first-order chi connectivity index (χ1) is 15.1. The number of nitrogens with one attached hydrogen (secondary N) is 1. The lowest BCUT2D eigenvalue weighted by molar-refractivity contribution is 0.265. The van der Waals surface area contributed by atoms with Gasteiger partial charge in [0.15, 0.2) is 0 Å². The highest BCUT2D eigenvalue weighted by Crippen LogP contribution is 2.31. The van der Waals surface area contributed by atoms with Crippen molar-refractivity contribution in [2.45, 2.75) is 25.4 Å². The van der Waals surface area contributed by atoms with Gasteiger partial charge in [0, 0.05) is 37.2 Å². The van der Waals surface area contributed by atoms with Crippen molar-refractivity contribution in [3.05, 3.63) is 48.4 Å². The van der Waals surface area contributed by atoms with E-state index in [0.29, 0.717) is 18.3 Å². The van der Waals surface area contributed by atoms with E-state index in [0.717, 1.165) is 38.7 Å². The van der Waals surface area contributed by atoms with Crippen molar-refractivity contribution >= 4 is 39.1 Å². The number of nitrogens with two attached hydrogens (primary N) is 1. The fraction of sp³-hybridized carbons (Fsp3) is 0.286. The molecular weight excluding hydrogens is 412 g/mol. The Labute approximate surface area is 183 Å². The van der Waals surface area contributed by atoms with Gasteiger partial charge in [-0.15, -0.1) is 11.3 Å². The number of aliphatic hydroxyl groups is 1. The van der Waals surface area contributed by atoms with Crippen LogP contribution in [-0.4, -0.2) is 55.3 Å². The van der Waals surface area contributed by atoms with Crippen LogP contribution in [0.25, 0.3) is 20.9 Å². The van der Waals surface area contributed by atoms with E-state index in [2.05, 4.69) is 25.3 Å². The predicted octanol–water partition coefficient (Wildman–Crippen LogP) is 2.49. The molecule has 4 aromatic rings. The largest absolute Gasteiger partial charge is 0.394 e. The molecule has 1 fully saturated rings. The number of aromatic nitrogens is 5. The number of fused-ring (bicyclic) bond motifs is 1. The third-order valence-corrected chi connectivity index (χ3v) is 6.33. The smallest absolute Gasteiger partial charge is 0.230 e. The Hall–Kier alpha value is -3.21. The van der Waals surface area contributed by atoms with Crippen LogP contribution in [0.2, 0.25) is 0 Å². The minimum Gasteiger partial charge on any atom is -0.394 e. The summed E-state index contributed by atoms with van der Waals surface area (Å²) in [5, 5.41) is 13.7. The van der Waals surface area contributed by atoms with Crippen molar-refractivity contribution in [1.82, 2.24) is 24.9 Å². The average Bonchev–Trinajstić information content (AvgIpc) is 3.37. The van der Waals surface area contributed by atoms with Crippen molar-refractivity contribution in [2.24, 2.45) is 5.73 Å². The molecule has 1 aliphatic heterocycles. The lowest BCUT2D eigenvalue weighted by Gasteiger charge is -2.24. The Kier molecular flexibility index (Phi) is 5.18. The predicted molar refractivity (Wildman–Crippen MR) is 122 cm³/mol. The second-order valence-corrected chi connectivity index (χ2v) is 8.60. The number of aliphatic hydroxyl groups excluding tert-OH is 1. The summed E-state index contributed by atoms with van der Waals surface area (Å²) >= 11 is 1.56. The SMILES string of the molecule is Cc1cccnc1-c1nc2cc(Nc3nccc(N4C[C@@H](N)C[C@H]4CO)n3)ncc2s1. The van der Waals surface area contributed by atoms with Crippen molar-refractivity contribution in [3.63, 3.8) is 0 Å². The van der Waals surface area contributed by atoms with E-state index in [1.54, 1.807) is 29.9 Å². The third kappa shape index (κ3) is 3.92. The van der Waals surface area contributed by atoms with Gasteiger partial charge in [0.05, 0.1) is 22.9 Å². The Morgan fingerprint density at radius 2 is 2.13 bits per heavy atom. The molecule has 9 nitrogen and oxygen atoms in total. The first kappa shape index (κ1) is 19.7. The van der Waals surface area contributed by atoms with Crippen LogP contribution in [0.3, 0.4) is 0 Å². The molecule has 10 heteroatoms.